The van der Waals surface area contributed by atoms with E-state index in [1.54, 1.807) is 25.3 Å². The fraction of sp³-hybridized carbons (Fsp3) is 0.471. The van der Waals surface area contributed by atoms with Gasteiger partial charge in [-0.15, -0.1) is 0 Å². The molecule has 2 fully saturated rings. The second-order valence-electron chi connectivity index (χ2n) is 19.0. The lowest BCUT2D eigenvalue weighted by Crippen LogP contribution is -2.62. The number of ether oxygens (including phenoxy) is 2. The molecule has 3 aliphatic rings. The van der Waals surface area contributed by atoms with E-state index in [1.165, 1.54) is 16.0 Å². The minimum absolute atomic E-state index is 0.0728. The maximum absolute atomic E-state index is 14.7. The van der Waals surface area contributed by atoms with Gasteiger partial charge in [0.2, 0.25) is 17.7 Å². The summed E-state index contributed by atoms with van der Waals surface area (Å²) >= 11 is 0. The number of hydrazine groups is 1. The SMILES string of the molecule is C=CC(=O)N1CC[C@H](C(=O)N(C)C(C(=O)N[C@H]2Cc3cccc(c3)-c3ccc4c(c3)c(c(-c3cccnc3[C@H](C)OC)n4CC#N)CC(C)(C)COC(=O)[C@@H]3CCCN(N3)C2=O)C(C)C)C1. The zero-order valence-corrected chi connectivity index (χ0v) is 39.1. The smallest absolute Gasteiger partial charge is 0.324 e. The van der Waals surface area contributed by atoms with E-state index < -0.39 is 47.2 Å². The molecule has 2 aromatic heterocycles. The first-order valence-corrected chi connectivity index (χ1v) is 22.9. The van der Waals surface area contributed by atoms with Gasteiger partial charge >= 0.3 is 5.97 Å². The monoisotopic (exact) mass is 898 g/mol. The standard InChI is InChI=1S/C51H62N8O7/c1-9-43(60)57-23-19-36(29-57)48(62)56(7)45(31(2)3)47(61)54-41-26-33-13-10-14-34(25-33)35-17-18-42-38(27-35)39(46(58(42)24-20-52)37-15-11-21-53-44(37)32(4)65-8)28-51(5,6)30-66-50(64)40-16-12-22-59(55-40)49(41)63/h9-11,13-15,17-18,21,25,27,31-32,36,40-41,45,55H,1,12,16,19,22-24,26,28-30H2,2-8H3,(H,54,61)/t32-,36-,40-,41-,45?/m0/s1. The van der Waals surface area contributed by atoms with E-state index in [1.807, 2.05) is 87.7 Å². The predicted molar refractivity (Wildman–Crippen MR) is 250 cm³/mol. The van der Waals surface area contributed by atoms with Crippen LogP contribution in [0.5, 0.6) is 0 Å². The zero-order chi connectivity index (χ0) is 47.4. The molecule has 348 valence electrons. The predicted octanol–water partition coefficient (Wildman–Crippen LogP) is 5.77. The van der Waals surface area contributed by atoms with Crippen molar-refractivity contribution in [1.82, 2.24) is 35.1 Å². The summed E-state index contributed by atoms with van der Waals surface area (Å²) in [6.45, 7) is 14.4. The minimum Gasteiger partial charge on any atom is -0.464 e. The van der Waals surface area contributed by atoms with Crippen LogP contribution in [0, 0.1) is 28.6 Å². The summed E-state index contributed by atoms with van der Waals surface area (Å²) in [4.78, 5) is 77.1. The van der Waals surface area contributed by atoms with E-state index >= 15 is 0 Å². The average molecular weight is 899 g/mol. The first-order valence-electron chi connectivity index (χ1n) is 22.9. The number of rotatable bonds is 10. The lowest BCUT2D eigenvalue weighted by Gasteiger charge is -2.37. The zero-order valence-electron chi connectivity index (χ0n) is 39.1. The van der Waals surface area contributed by atoms with Crippen LogP contribution in [0.15, 0.2) is 73.4 Å². The van der Waals surface area contributed by atoms with Crippen molar-refractivity contribution < 1.29 is 33.4 Å². The number of carbonyl (C=O) groups excluding carboxylic acids is 5. The third-order valence-electron chi connectivity index (χ3n) is 13.2. The van der Waals surface area contributed by atoms with Crippen LogP contribution in [0.1, 0.15) is 76.8 Å². The van der Waals surface area contributed by atoms with Crippen molar-refractivity contribution in [2.24, 2.45) is 17.3 Å². The normalized spacial score (nSPS) is 20.8. The minimum atomic E-state index is -1.08. The maximum Gasteiger partial charge on any atom is 0.324 e. The van der Waals surface area contributed by atoms with Crippen LogP contribution < -0.4 is 10.7 Å². The van der Waals surface area contributed by atoms with E-state index in [4.69, 9.17) is 14.5 Å². The molecule has 2 aromatic carbocycles. The molecule has 0 saturated carbocycles. The van der Waals surface area contributed by atoms with E-state index in [2.05, 4.69) is 29.5 Å². The summed E-state index contributed by atoms with van der Waals surface area (Å²) in [7, 11) is 3.24. The van der Waals surface area contributed by atoms with E-state index in [0.717, 1.165) is 50.1 Å². The molecular formula is C51H62N8O7. The fourth-order valence-electron chi connectivity index (χ4n) is 9.79. The van der Waals surface area contributed by atoms with Crippen molar-refractivity contribution in [3.8, 4) is 28.5 Å². The Morgan fingerprint density at radius 1 is 1.09 bits per heavy atom. The number of hydrogen-bond acceptors (Lipinski definition) is 10. The fourth-order valence-corrected chi connectivity index (χ4v) is 9.79. The summed E-state index contributed by atoms with van der Waals surface area (Å²) in [6, 6.07) is 17.5. The molecule has 7 rings (SSSR count). The number of nitrogens with one attached hydrogen (secondary N) is 2. The van der Waals surface area contributed by atoms with Crippen LogP contribution >= 0.6 is 0 Å². The number of methoxy groups -OCH3 is 1. The molecule has 2 saturated heterocycles. The van der Waals surface area contributed by atoms with Gasteiger partial charge in [0.1, 0.15) is 24.7 Å². The number of likely N-dealkylation sites (N-methyl/N-ethyl adjacent to an activating group) is 1. The van der Waals surface area contributed by atoms with Crippen molar-refractivity contribution >= 4 is 40.5 Å². The third-order valence-corrected chi connectivity index (χ3v) is 13.2. The molecule has 0 radical (unpaired) electrons. The quantitative estimate of drug-likeness (QED) is 0.147. The number of pyridine rings is 1. The van der Waals surface area contributed by atoms with Crippen molar-refractivity contribution in [1.29, 1.82) is 5.26 Å². The van der Waals surface area contributed by atoms with Gasteiger partial charge in [-0.2, -0.15) is 5.26 Å². The van der Waals surface area contributed by atoms with Crippen LogP contribution in [-0.2, 0) is 52.8 Å². The first kappa shape index (κ1) is 47.6. The molecule has 6 bridgehead atoms. The number of hydrogen-bond donors (Lipinski definition) is 2. The Bertz CT molecular complexity index is 2560. The number of cyclic esters (lactones) is 1. The van der Waals surface area contributed by atoms with Crippen LogP contribution in [-0.4, -0.2) is 112 Å². The number of likely N-dealkylation sites (tertiary alicyclic amines) is 1. The highest BCUT2D eigenvalue weighted by Gasteiger charge is 2.40. The summed E-state index contributed by atoms with van der Waals surface area (Å²) < 4.78 is 13.9. The van der Waals surface area contributed by atoms with Crippen LogP contribution in [0.4, 0.5) is 0 Å². The lowest BCUT2D eigenvalue weighted by molar-refractivity contribution is -0.155. The maximum atomic E-state index is 14.7. The van der Waals surface area contributed by atoms with Gasteiger partial charge in [-0.05, 0) is 91.1 Å². The van der Waals surface area contributed by atoms with Crippen molar-refractivity contribution in [2.45, 2.75) is 97.5 Å². The van der Waals surface area contributed by atoms with E-state index in [-0.39, 0.29) is 50.0 Å². The second kappa shape index (κ2) is 20.0. The van der Waals surface area contributed by atoms with Gasteiger partial charge in [-0.3, -0.25) is 34.0 Å². The van der Waals surface area contributed by atoms with Gasteiger partial charge in [-0.25, -0.2) is 5.43 Å². The Hall–Kier alpha value is -6.37. The average Bonchev–Trinajstić information content (AvgIpc) is 3.92. The molecule has 4 aromatic rings. The number of benzene rings is 2. The molecule has 3 aliphatic heterocycles. The molecule has 66 heavy (non-hydrogen) atoms. The topological polar surface area (TPSA) is 179 Å². The number of carbonyl (C=O) groups is 5. The highest BCUT2D eigenvalue weighted by molar-refractivity contribution is 5.96. The number of fused-ring (bicyclic) bond motifs is 6. The third kappa shape index (κ3) is 9.90. The van der Waals surface area contributed by atoms with Crippen molar-refractivity contribution in [3.05, 3.63) is 90.3 Å². The molecule has 15 nitrogen and oxygen atoms in total. The summed E-state index contributed by atoms with van der Waals surface area (Å²) in [5, 5.41) is 15.6. The van der Waals surface area contributed by atoms with Gasteiger partial charge < -0.3 is 29.2 Å². The molecule has 4 amide bonds. The van der Waals surface area contributed by atoms with Gasteiger partial charge in [0.15, 0.2) is 0 Å². The Morgan fingerprint density at radius 3 is 2.59 bits per heavy atom. The van der Waals surface area contributed by atoms with Gasteiger partial charge in [-0.1, -0.05) is 64.6 Å². The van der Waals surface area contributed by atoms with Crippen molar-refractivity contribution in [3.63, 3.8) is 0 Å². The lowest BCUT2D eigenvalue weighted by atomic mass is 9.84. The van der Waals surface area contributed by atoms with Gasteiger partial charge in [0.05, 0.1) is 36.1 Å². The molecule has 2 N–H and O–H groups in total. The second-order valence-corrected chi connectivity index (χ2v) is 19.0. The molecule has 5 atom stereocenters. The Kier molecular flexibility index (Phi) is 14.4. The highest BCUT2D eigenvalue weighted by atomic mass is 16.5. The Labute approximate surface area is 387 Å². The summed E-state index contributed by atoms with van der Waals surface area (Å²) in [6.07, 6.45) is 4.66. The van der Waals surface area contributed by atoms with Crippen LogP contribution in [0.2, 0.25) is 0 Å². The Balaban J connectivity index is 1.30. The molecular weight excluding hydrogens is 837 g/mol. The molecule has 0 spiro atoms. The molecule has 15 heteroatoms. The largest absolute Gasteiger partial charge is 0.464 e. The number of amides is 4. The van der Waals surface area contributed by atoms with E-state index in [9.17, 15) is 29.2 Å². The van der Waals surface area contributed by atoms with E-state index in [0.29, 0.717) is 38.8 Å². The van der Waals surface area contributed by atoms with Crippen LogP contribution in [0.3, 0.4) is 0 Å². The summed E-state index contributed by atoms with van der Waals surface area (Å²) in [5.74, 6) is -2.70. The number of nitriles is 1. The summed E-state index contributed by atoms with van der Waals surface area (Å²) in [5.41, 5.74) is 9.38. The van der Waals surface area contributed by atoms with Crippen molar-refractivity contribution in [2.75, 3.05) is 40.4 Å². The number of nitrogens with zero attached hydrogens (tertiary/aromatic N) is 6. The van der Waals surface area contributed by atoms with Crippen LogP contribution in [0.25, 0.3) is 33.3 Å². The number of esters is 1. The molecule has 5 heterocycles. The van der Waals surface area contributed by atoms with Gasteiger partial charge in [0.25, 0.3) is 5.91 Å². The highest BCUT2D eigenvalue weighted by Crippen LogP contribution is 2.42. The Morgan fingerprint density at radius 2 is 1.86 bits per heavy atom. The molecule has 1 unspecified atom stereocenters. The molecule has 0 aliphatic carbocycles. The number of aromatic nitrogens is 2. The first-order chi connectivity index (χ1) is 31.5. The van der Waals surface area contributed by atoms with Gasteiger partial charge in [0, 0.05) is 68.3 Å².